The molecule has 151 valence electrons. The number of nitrogens with one attached hydrogen (secondary N) is 1. The Hall–Kier alpha value is -2.35. The smallest absolute Gasteiger partial charge is 0.107 e. The molecule has 1 radical (unpaired) electrons. The SMILES string of the molecule is C.CN=c1n[c-]c2c([nH]1)-c1cc(C)c(C)cc1C(c1c(C)cccc1C)=NC2.[Re]. The standard InChI is InChI=1S/C23H23N4.CH4.Re/c1-13-7-6-8-14(2)20(13)22-19-10-16(4)15(3)9-18(19)21-17(11-25-22)12-26-23(24-5)27-21;;/h6-10H,11H2,1-5H3,(H,24,26,27);1H4;/q-1;;. The molecular formula is C24H27N4Re-. The van der Waals surface area contributed by atoms with Crippen LogP contribution in [-0.4, -0.2) is 22.7 Å². The van der Waals surface area contributed by atoms with Crippen LogP contribution in [0.2, 0.25) is 0 Å². The Morgan fingerprint density at radius 1 is 0.966 bits per heavy atom. The zero-order chi connectivity index (χ0) is 19.1. The Morgan fingerprint density at radius 2 is 1.59 bits per heavy atom. The summed E-state index contributed by atoms with van der Waals surface area (Å²) in [5.41, 5.74) is 12.1. The number of aromatic nitrogens is 2. The first-order chi connectivity index (χ1) is 13.0. The number of aromatic amines is 1. The maximum absolute atomic E-state index is 5.02. The summed E-state index contributed by atoms with van der Waals surface area (Å²) in [6, 6.07) is 10.9. The molecular weight excluding hydrogens is 530 g/mol. The van der Waals surface area contributed by atoms with E-state index < -0.39 is 0 Å². The van der Waals surface area contributed by atoms with Gasteiger partial charge in [0.2, 0.25) is 0 Å². The average Bonchev–Trinajstić information content (AvgIpc) is 2.79. The van der Waals surface area contributed by atoms with Gasteiger partial charge in [-0.05, 0) is 67.1 Å². The van der Waals surface area contributed by atoms with Crippen molar-refractivity contribution >= 4 is 5.71 Å². The van der Waals surface area contributed by atoms with Crippen molar-refractivity contribution in [3.63, 3.8) is 0 Å². The zero-order valence-electron chi connectivity index (χ0n) is 16.8. The fraction of sp³-hybridized carbons (Fsp3) is 0.292. The predicted octanol–water partition coefficient (Wildman–Crippen LogP) is 4.63. The minimum Gasteiger partial charge on any atom is -0.429 e. The fourth-order valence-corrected chi connectivity index (χ4v) is 3.71. The molecule has 29 heavy (non-hydrogen) atoms. The van der Waals surface area contributed by atoms with Gasteiger partial charge >= 0.3 is 0 Å². The summed E-state index contributed by atoms with van der Waals surface area (Å²) >= 11 is 0. The van der Waals surface area contributed by atoms with Crippen LogP contribution in [0.5, 0.6) is 0 Å². The molecule has 0 spiro atoms. The molecule has 0 amide bonds. The number of nitrogens with zero attached hydrogens (tertiary/aromatic N) is 3. The van der Waals surface area contributed by atoms with Gasteiger partial charge in [-0.3, -0.25) is 4.99 Å². The number of H-pyrrole nitrogens is 1. The van der Waals surface area contributed by atoms with E-state index in [9.17, 15) is 0 Å². The number of aryl methyl sites for hydroxylation is 4. The first-order valence-electron chi connectivity index (χ1n) is 9.16. The molecule has 2 aromatic carbocycles. The summed E-state index contributed by atoms with van der Waals surface area (Å²) < 4.78 is 0. The first-order valence-corrected chi connectivity index (χ1v) is 9.16. The van der Waals surface area contributed by atoms with Crippen molar-refractivity contribution < 1.29 is 20.4 Å². The van der Waals surface area contributed by atoms with Gasteiger partial charge in [0.25, 0.3) is 0 Å². The third-order valence-corrected chi connectivity index (χ3v) is 5.32. The Bertz CT molecular complexity index is 1140. The van der Waals surface area contributed by atoms with Gasteiger partial charge in [-0.15, -0.1) is 0 Å². The molecule has 4 nitrogen and oxygen atoms in total. The van der Waals surface area contributed by atoms with Gasteiger partial charge in [0.15, 0.2) is 0 Å². The summed E-state index contributed by atoms with van der Waals surface area (Å²) in [4.78, 5) is 16.9. The van der Waals surface area contributed by atoms with E-state index in [1.54, 1.807) is 7.05 Å². The molecule has 1 N–H and O–H groups in total. The molecule has 1 aromatic heterocycles. The molecule has 0 unspecified atom stereocenters. The molecule has 5 heteroatoms. The molecule has 0 bridgehead atoms. The van der Waals surface area contributed by atoms with Crippen molar-refractivity contribution in [2.45, 2.75) is 41.7 Å². The second kappa shape index (κ2) is 8.99. The van der Waals surface area contributed by atoms with E-state index in [1.165, 1.54) is 27.8 Å². The van der Waals surface area contributed by atoms with Gasteiger partial charge in [-0.25, -0.2) is 0 Å². The molecule has 0 fully saturated rings. The van der Waals surface area contributed by atoms with Crippen LogP contribution in [-0.2, 0) is 27.0 Å². The van der Waals surface area contributed by atoms with Crippen molar-refractivity contribution in [1.82, 2.24) is 9.97 Å². The molecule has 3 aromatic rings. The van der Waals surface area contributed by atoms with Gasteiger partial charge in [0.05, 0.1) is 5.71 Å². The third kappa shape index (κ3) is 4.03. The summed E-state index contributed by atoms with van der Waals surface area (Å²) in [5, 5.41) is 0. The fourth-order valence-electron chi connectivity index (χ4n) is 3.71. The number of fused-ring (bicyclic) bond motifs is 3. The van der Waals surface area contributed by atoms with Crippen LogP contribution in [0.1, 0.15) is 46.4 Å². The van der Waals surface area contributed by atoms with Crippen LogP contribution in [0.15, 0.2) is 40.3 Å². The Balaban J connectivity index is 0.00000150. The van der Waals surface area contributed by atoms with Crippen molar-refractivity contribution in [3.8, 4) is 11.3 Å². The van der Waals surface area contributed by atoms with Gasteiger partial charge in [0.1, 0.15) is 5.62 Å². The number of aliphatic imine (C=N–C) groups is 1. The summed E-state index contributed by atoms with van der Waals surface area (Å²) in [7, 11) is 1.73. The molecule has 4 rings (SSSR count). The normalized spacial score (nSPS) is 12.7. The third-order valence-electron chi connectivity index (χ3n) is 5.32. The van der Waals surface area contributed by atoms with Gasteiger partial charge in [-0.2, -0.15) is 0 Å². The van der Waals surface area contributed by atoms with E-state index in [4.69, 9.17) is 4.99 Å². The number of rotatable bonds is 1. The van der Waals surface area contributed by atoms with Crippen LogP contribution in [0.4, 0.5) is 0 Å². The van der Waals surface area contributed by atoms with E-state index >= 15 is 0 Å². The van der Waals surface area contributed by atoms with Crippen molar-refractivity contribution in [2.75, 3.05) is 7.05 Å². The Kier molecular flexibility index (Phi) is 7.11. The second-order valence-electron chi connectivity index (χ2n) is 7.16. The topological polar surface area (TPSA) is 53.4 Å². The zero-order valence-corrected chi connectivity index (χ0v) is 19.5. The van der Waals surface area contributed by atoms with Gasteiger partial charge in [0, 0.05) is 39.6 Å². The summed E-state index contributed by atoms with van der Waals surface area (Å²) in [6.07, 6.45) is 3.14. The number of hydrogen-bond acceptors (Lipinski definition) is 3. The van der Waals surface area contributed by atoms with Crippen molar-refractivity contribution in [1.29, 1.82) is 0 Å². The Labute approximate surface area is 186 Å². The first kappa shape index (κ1) is 22.9. The van der Waals surface area contributed by atoms with Crippen LogP contribution in [0, 0.1) is 33.9 Å². The van der Waals surface area contributed by atoms with Crippen LogP contribution >= 0.6 is 0 Å². The molecule has 1 aliphatic rings. The van der Waals surface area contributed by atoms with Crippen LogP contribution < -0.4 is 5.62 Å². The average molecular weight is 558 g/mol. The number of hydrogen-bond donors (Lipinski definition) is 1. The quantitative estimate of drug-likeness (QED) is 0.436. The maximum Gasteiger partial charge on any atom is 0.107 e. The molecule has 1 aliphatic heterocycles. The summed E-state index contributed by atoms with van der Waals surface area (Å²) in [6.45, 7) is 9.14. The monoisotopic (exact) mass is 558 g/mol. The predicted molar refractivity (Wildman–Crippen MR) is 116 cm³/mol. The van der Waals surface area contributed by atoms with E-state index in [0.717, 1.165) is 28.1 Å². The largest absolute Gasteiger partial charge is 0.429 e. The number of benzene rings is 2. The molecule has 0 saturated heterocycles. The second-order valence-corrected chi connectivity index (χ2v) is 7.16. The van der Waals surface area contributed by atoms with E-state index in [-0.39, 0.29) is 27.8 Å². The van der Waals surface area contributed by atoms with Crippen LogP contribution in [0.25, 0.3) is 11.3 Å². The maximum atomic E-state index is 5.02. The van der Waals surface area contributed by atoms with E-state index in [0.29, 0.717) is 12.2 Å². The van der Waals surface area contributed by atoms with E-state index in [2.05, 4.69) is 79.2 Å². The molecule has 2 heterocycles. The summed E-state index contributed by atoms with van der Waals surface area (Å²) in [5.74, 6) is 0. The Morgan fingerprint density at radius 3 is 2.21 bits per heavy atom. The van der Waals surface area contributed by atoms with Crippen molar-refractivity contribution in [3.05, 3.63) is 81.1 Å². The van der Waals surface area contributed by atoms with E-state index in [1.807, 2.05) is 0 Å². The minimum atomic E-state index is 0. The molecule has 0 saturated carbocycles. The van der Waals surface area contributed by atoms with Gasteiger partial charge < -0.3 is 15.0 Å². The van der Waals surface area contributed by atoms with Crippen LogP contribution in [0.3, 0.4) is 0 Å². The minimum absolute atomic E-state index is 0. The molecule has 0 atom stereocenters. The van der Waals surface area contributed by atoms with Crippen molar-refractivity contribution in [2.24, 2.45) is 9.98 Å². The van der Waals surface area contributed by atoms with Gasteiger partial charge in [-0.1, -0.05) is 49.1 Å². The molecule has 0 aliphatic carbocycles.